The molecular weight excluding hydrogens is 642 g/mol. The first-order valence-electron chi connectivity index (χ1n) is 17.8. The van der Waals surface area contributed by atoms with Crippen molar-refractivity contribution in [3.05, 3.63) is 106 Å². The lowest BCUT2D eigenvalue weighted by molar-refractivity contribution is -0.141. The van der Waals surface area contributed by atoms with Crippen molar-refractivity contribution in [2.45, 2.75) is 73.0 Å². The van der Waals surface area contributed by atoms with Crippen LogP contribution in [0.25, 0.3) is 0 Å². The predicted molar refractivity (Wildman–Crippen MR) is 202 cm³/mol. The lowest BCUT2D eigenvalue weighted by atomic mass is 9.88. The molecule has 9 heteroatoms. The molecule has 9 nitrogen and oxygen atoms in total. The number of amides is 1. The minimum atomic E-state index is -0.668. The van der Waals surface area contributed by atoms with Crippen LogP contribution in [0.2, 0.25) is 0 Å². The van der Waals surface area contributed by atoms with Crippen molar-refractivity contribution in [1.82, 2.24) is 14.8 Å². The van der Waals surface area contributed by atoms with Crippen molar-refractivity contribution in [3.63, 3.8) is 0 Å². The Morgan fingerprint density at radius 1 is 0.922 bits per heavy atom. The Kier molecular flexibility index (Phi) is 17.2. The minimum absolute atomic E-state index is 0.00995. The van der Waals surface area contributed by atoms with Gasteiger partial charge in [0.1, 0.15) is 17.3 Å². The number of hydrogen-bond acceptors (Lipinski definition) is 8. The van der Waals surface area contributed by atoms with Crippen LogP contribution >= 0.6 is 0 Å². The molecule has 0 saturated carbocycles. The molecule has 3 aromatic rings. The summed E-state index contributed by atoms with van der Waals surface area (Å²) in [5.74, 6) is -0.145. The van der Waals surface area contributed by atoms with E-state index in [1.165, 1.54) is 0 Å². The van der Waals surface area contributed by atoms with Crippen molar-refractivity contribution in [1.29, 1.82) is 0 Å². The molecule has 0 aliphatic rings. The van der Waals surface area contributed by atoms with E-state index in [4.69, 9.17) is 19.2 Å². The first kappa shape index (κ1) is 41.2. The van der Waals surface area contributed by atoms with Gasteiger partial charge in [0.2, 0.25) is 5.91 Å². The summed E-state index contributed by atoms with van der Waals surface area (Å²) in [6.07, 6.45) is 2.74. The number of hydrogen-bond donors (Lipinski definition) is 0. The van der Waals surface area contributed by atoms with Gasteiger partial charge in [-0.1, -0.05) is 42.5 Å². The van der Waals surface area contributed by atoms with E-state index >= 15 is 0 Å². The molecule has 0 fully saturated rings. The van der Waals surface area contributed by atoms with Gasteiger partial charge >= 0.3 is 0 Å². The molecule has 1 aromatic heterocycles. The summed E-state index contributed by atoms with van der Waals surface area (Å²) in [4.78, 5) is 50.1. The third-order valence-electron chi connectivity index (χ3n) is 9.15. The zero-order chi connectivity index (χ0) is 37.3. The topological polar surface area (TPSA) is 98.3 Å². The lowest BCUT2D eigenvalue weighted by Gasteiger charge is -2.31. The molecule has 2 atom stereocenters. The monoisotopic (exact) mass is 699 g/mol. The van der Waals surface area contributed by atoms with E-state index in [2.05, 4.69) is 6.58 Å². The molecular formula is C42H57N3O6. The van der Waals surface area contributed by atoms with E-state index < -0.39 is 5.92 Å². The van der Waals surface area contributed by atoms with Crippen LogP contribution in [0.1, 0.15) is 59.0 Å². The zero-order valence-corrected chi connectivity index (χ0v) is 31.7. The summed E-state index contributed by atoms with van der Waals surface area (Å²) in [5, 5.41) is 0. The Balaban J connectivity index is 1.91. The van der Waals surface area contributed by atoms with Crippen LogP contribution in [-0.4, -0.2) is 92.0 Å². The number of pyridine rings is 1. The van der Waals surface area contributed by atoms with Gasteiger partial charge in [0.05, 0.1) is 45.1 Å². The number of methoxy groups -OCH3 is 2. The number of rotatable bonds is 23. The van der Waals surface area contributed by atoms with Crippen LogP contribution in [0.3, 0.4) is 0 Å². The van der Waals surface area contributed by atoms with E-state index in [0.29, 0.717) is 39.0 Å². The van der Waals surface area contributed by atoms with E-state index in [9.17, 15) is 14.4 Å². The van der Waals surface area contributed by atoms with Gasteiger partial charge in [0.25, 0.3) is 0 Å². The molecule has 51 heavy (non-hydrogen) atoms. The number of aryl methyl sites for hydroxylation is 5. The van der Waals surface area contributed by atoms with Crippen LogP contribution in [0.15, 0.2) is 67.3 Å². The third kappa shape index (κ3) is 13.5. The number of carbonyl (C=O) groups is 3. The molecule has 276 valence electrons. The molecule has 1 unspecified atom stereocenters. The zero-order valence-electron chi connectivity index (χ0n) is 31.7. The summed E-state index contributed by atoms with van der Waals surface area (Å²) < 4.78 is 16.9. The number of ether oxygens (including phenoxy) is 3. The number of carbonyl (C=O) groups excluding carboxylic acids is 3. The van der Waals surface area contributed by atoms with Gasteiger partial charge < -0.3 is 19.1 Å². The third-order valence-corrected chi connectivity index (χ3v) is 9.15. The van der Waals surface area contributed by atoms with Gasteiger partial charge in [0.15, 0.2) is 0 Å². The smallest absolute Gasteiger partial charge is 0.226 e. The van der Waals surface area contributed by atoms with E-state index in [-0.39, 0.29) is 56.2 Å². The van der Waals surface area contributed by atoms with Crippen molar-refractivity contribution >= 4 is 17.5 Å². The van der Waals surface area contributed by atoms with Crippen molar-refractivity contribution in [2.24, 2.45) is 5.92 Å². The molecule has 1 heterocycles. The highest BCUT2D eigenvalue weighted by molar-refractivity contribution is 5.89. The molecule has 0 bridgehead atoms. The van der Waals surface area contributed by atoms with Gasteiger partial charge in [0, 0.05) is 51.3 Å². The van der Waals surface area contributed by atoms with Crippen LogP contribution < -0.4 is 4.74 Å². The first-order chi connectivity index (χ1) is 24.5. The summed E-state index contributed by atoms with van der Waals surface area (Å²) >= 11 is 0. The van der Waals surface area contributed by atoms with E-state index in [1.807, 2.05) is 94.1 Å². The average molecular weight is 700 g/mol. The Labute approximate surface area is 305 Å². The van der Waals surface area contributed by atoms with Crippen molar-refractivity contribution < 1.29 is 28.6 Å². The largest absolute Gasteiger partial charge is 0.497 e. The Morgan fingerprint density at radius 2 is 1.61 bits per heavy atom. The average Bonchev–Trinajstić information content (AvgIpc) is 3.10. The predicted octanol–water partition coefficient (Wildman–Crippen LogP) is 6.21. The highest BCUT2D eigenvalue weighted by Gasteiger charge is 2.31. The molecule has 0 radical (unpaired) electrons. The summed E-state index contributed by atoms with van der Waals surface area (Å²) in [5.41, 5.74) is 6.80. The van der Waals surface area contributed by atoms with Gasteiger partial charge in [-0.05, 0) is 93.5 Å². The summed E-state index contributed by atoms with van der Waals surface area (Å²) in [6.45, 7) is 15.6. The Bertz CT molecular complexity index is 1560. The summed E-state index contributed by atoms with van der Waals surface area (Å²) in [7, 11) is 3.25. The second-order valence-corrected chi connectivity index (χ2v) is 13.3. The molecule has 2 aromatic carbocycles. The van der Waals surface area contributed by atoms with E-state index in [1.54, 1.807) is 25.2 Å². The Hall–Kier alpha value is -4.18. The standard InChI is InChI=1S/C42H57N3O6/c1-9-20-44(26-37(46)19-17-34-14-12-11-13-15-34)27-38(47)23-35(24-41-31(4)21-39(50-8)22-32(41)5)42(48)45(28-40(29-49-7)51-10-2)25-36-18-16-30(3)33(6)43-36/h9,11-16,18,21-22,35,40H,1,10,17,19-20,23-29H2,2-8H3/t35-,40?/m0/s1. The SMILES string of the molecule is C=CCN(CC(=O)CCc1ccccc1)CC(=O)C[C@@H](Cc1c(C)cc(OC)cc1C)C(=O)N(Cc1ccc(C)c(C)n1)CC(COC)OCC. The number of aromatic nitrogens is 1. The molecule has 3 rings (SSSR count). The number of Topliss-reactive ketones (excluding diaryl/α,β-unsaturated/α-hetero) is 2. The van der Waals surface area contributed by atoms with Gasteiger partial charge in [-0.3, -0.25) is 24.3 Å². The molecule has 0 aliphatic heterocycles. The second-order valence-electron chi connectivity index (χ2n) is 13.3. The highest BCUT2D eigenvalue weighted by atomic mass is 16.5. The van der Waals surface area contributed by atoms with Crippen LogP contribution in [-0.2, 0) is 43.2 Å². The quantitative estimate of drug-likeness (QED) is 0.108. The Morgan fingerprint density at radius 3 is 2.22 bits per heavy atom. The second kappa shape index (κ2) is 21.2. The molecule has 1 amide bonds. The minimum Gasteiger partial charge on any atom is -0.497 e. The lowest BCUT2D eigenvalue weighted by Crippen LogP contribution is -2.44. The number of ketones is 2. The van der Waals surface area contributed by atoms with Crippen molar-refractivity contribution in [3.8, 4) is 5.75 Å². The normalized spacial score (nSPS) is 12.4. The molecule has 0 saturated heterocycles. The number of nitrogens with zero attached hydrogens (tertiary/aromatic N) is 3. The maximum absolute atomic E-state index is 14.8. The van der Waals surface area contributed by atoms with Crippen LogP contribution in [0, 0.1) is 33.6 Å². The molecule has 0 aliphatic carbocycles. The first-order valence-corrected chi connectivity index (χ1v) is 17.8. The highest BCUT2D eigenvalue weighted by Crippen LogP contribution is 2.27. The fourth-order valence-electron chi connectivity index (χ4n) is 6.38. The van der Waals surface area contributed by atoms with Gasteiger partial charge in [-0.15, -0.1) is 6.58 Å². The molecule has 0 N–H and O–H groups in total. The fourth-order valence-corrected chi connectivity index (χ4v) is 6.38. The number of benzene rings is 2. The van der Waals surface area contributed by atoms with Crippen molar-refractivity contribution in [2.75, 3.05) is 53.6 Å². The van der Waals surface area contributed by atoms with Crippen LogP contribution in [0.4, 0.5) is 0 Å². The van der Waals surface area contributed by atoms with Gasteiger partial charge in [-0.2, -0.15) is 0 Å². The van der Waals surface area contributed by atoms with Gasteiger partial charge in [-0.25, -0.2) is 0 Å². The summed E-state index contributed by atoms with van der Waals surface area (Å²) in [6, 6.07) is 17.8. The maximum atomic E-state index is 14.8. The molecule has 0 spiro atoms. The fraction of sp³-hybridized carbons (Fsp3) is 0.476. The maximum Gasteiger partial charge on any atom is 0.226 e. The van der Waals surface area contributed by atoms with E-state index in [0.717, 1.165) is 45.0 Å². The van der Waals surface area contributed by atoms with Crippen LogP contribution in [0.5, 0.6) is 5.75 Å².